The first-order valence-corrected chi connectivity index (χ1v) is 10.0. The molecule has 1 amide bonds. The fraction of sp³-hybridized carbons (Fsp3) is 0.545. The Morgan fingerprint density at radius 2 is 2.14 bits per heavy atom. The molecule has 6 heteroatoms. The SMILES string of the molecule is Cc1ccc(CNC2CCc3c(c(C(=O)N(C)C)nn3CC(C)C)C2)cc1F. The van der Waals surface area contributed by atoms with Gasteiger partial charge in [0.05, 0.1) is 0 Å². The van der Waals surface area contributed by atoms with Gasteiger partial charge in [0, 0.05) is 44.5 Å². The van der Waals surface area contributed by atoms with Gasteiger partial charge in [-0.05, 0) is 49.3 Å². The number of nitrogens with one attached hydrogen (secondary N) is 1. The third-order valence-electron chi connectivity index (χ3n) is 5.32. The van der Waals surface area contributed by atoms with Gasteiger partial charge in [0.1, 0.15) is 5.82 Å². The monoisotopic (exact) mass is 386 g/mol. The third-order valence-corrected chi connectivity index (χ3v) is 5.32. The van der Waals surface area contributed by atoms with Crippen LogP contribution in [0, 0.1) is 18.7 Å². The summed E-state index contributed by atoms with van der Waals surface area (Å²) < 4.78 is 15.8. The average Bonchev–Trinajstić information content (AvgIpc) is 2.99. The van der Waals surface area contributed by atoms with Crippen LogP contribution in [0.1, 0.15) is 53.1 Å². The van der Waals surface area contributed by atoms with Crippen LogP contribution in [0.3, 0.4) is 0 Å². The van der Waals surface area contributed by atoms with E-state index in [1.165, 1.54) is 5.69 Å². The Balaban J connectivity index is 1.77. The smallest absolute Gasteiger partial charge is 0.274 e. The molecule has 0 saturated carbocycles. The van der Waals surface area contributed by atoms with Gasteiger partial charge >= 0.3 is 0 Å². The van der Waals surface area contributed by atoms with E-state index in [9.17, 15) is 9.18 Å². The maximum Gasteiger partial charge on any atom is 0.274 e. The first kappa shape index (κ1) is 20.5. The summed E-state index contributed by atoms with van der Waals surface area (Å²) in [6.45, 7) is 7.54. The predicted molar refractivity (Wildman–Crippen MR) is 109 cm³/mol. The Hall–Kier alpha value is -2.21. The number of carbonyl (C=O) groups is 1. The van der Waals surface area contributed by atoms with Crippen molar-refractivity contribution in [2.45, 2.75) is 59.2 Å². The standard InChI is InChI=1S/C22H31FN4O/c1-14(2)13-27-20-9-8-17(11-18(20)21(25-27)22(28)26(4)5)24-12-16-7-6-15(3)19(23)10-16/h6-7,10,14,17,24H,8-9,11-13H2,1-5H3. The summed E-state index contributed by atoms with van der Waals surface area (Å²) >= 11 is 0. The Bertz CT molecular complexity index is 856. The highest BCUT2D eigenvalue weighted by atomic mass is 19.1. The van der Waals surface area contributed by atoms with E-state index in [0.717, 1.165) is 36.9 Å². The molecule has 152 valence electrons. The summed E-state index contributed by atoms with van der Waals surface area (Å²) in [6, 6.07) is 5.62. The van der Waals surface area contributed by atoms with E-state index in [0.29, 0.717) is 23.7 Å². The molecular weight excluding hydrogens is 355 g/mol. The fourth-order valence-electron chi connectivity index (χ4n) is 3.75. The van der Waals surface area contributed by atoms with Crippen molar-refractivity contribution in [3.8, 4) is 0 Å². The number of rotatable bonds is 6. The number of hydrogen-bond acceptors (Lipinski definition) is 3. The van der Waals surface area contributed by atoms with Crippen molar-refractivity contribution in [3.63, 3.8) is 0 Å². The number of amides is 1. The summed E-state index contributed by atoms with van der Waals surface area (Å²) in [5.74, 6) is 0.262. The lowest BCUT2D eigenvalue weighted by molar-refractivity contribution is 0.0819. The van der Waals surface area contributed by atoms with E-state index in [-0.39, 0.29) is 17.8 Å². The zero-order valence-electron chi connectivity index (χ0n) is 17.6. The molecule has 0 bridgehead atoms. The van der Waals surface area contributed by atoms with Crippen molar-refractivity contribution in [1.29, 1.82) is 0 Å². The second-order valence-corrected chi connectivity index (χ2v) is 8.45. The second kappa shape index (κ2) is 8.43. The van der Waals surface area contributed by atoms with E-state index >= 15 is 0 Å². The van der Waals surface area contributed by atoms with Crippen molar-refractivity contribution in [3.05, 3.63) is 52.1 Å². The Kier molecular flexibility index (Phi) is 6.18. The van der Waals surface area contributed by atoms with Gasteiger partial charge in [0.2, 0.25) is 0 Å². The minimum absolute atomic E-state index is 0.0417. The molecule has 2 aromatic rings. The highest BCUT2D eigenvalue weighted by Gasteiger charge is 2.29. The van der Waals surface area contributed by atoms with Gasteiger partial charge in [0.25, 0.3) is 5.91 Å². The first-order chi connectivity index (χ1) is 13.3. The second-order valence-electron chi connectivity index (χ2n) is 8.45. The number of nitrogens with zero attached hydrogens (tertiary/aromatic N) is 3. The van der Waals surface area contributed by atoms with Crippen LogP contribution in [-0.4, -0.2) is 40.7 Å². The van der Waals surface area contributed by atoms with Crippen molar-refractivity contribution in [1.82, 2.24) is 20.0 Å². The molecule has 0 saturated heterocycles. The van der Waals surface area contributed by atoms with E-state index in [4.69, 9.17) is 0 Å². The topological polar surface area (TPSA) is 50.2 Å². The normalized spacial score (nSPS) is 16.3. The molecule has 1 N–H and O–H groups in total. The lowest BCUT2D eigenvalue weighted by Gasteiger charge is -2.25. The van der Waals surface area contributed by atoms with Crippen molar-refractivity contribution in [2.24, 2.45) is 5.92 Å². The molecular formula is C22H31FN4O. The highest BCUT2D eigenvalue weighted by molar-refractivity contribution is 5.93. The van der Waals surface area contributed by atoms with Gasteiger partial charge in [-0.1, -0.05) is 26.0 Å². The van der Waals surface area contributed by atoms with Gasteiger partial charge in [-0.15, -0.1) is 0 Å². The summed E-state index contributed by atoms with van der Waals surface area (Å²) in [7, 11) is 3.53. The van der Waals surface area contributed by atoms with Crippen LogP contribution in [0.5, 0.6) is 0 Å². The molecule has 1 heterocycles. The van der Waals surface area contributed by atoms with Gasteiger partial charge in [-0.3, -0.25) is 9.48 Å². The maximum absolute atomic E-state index is 13.8. The molecule has 1 aliphatic carbocycles. The molecule has 1 aromatic carbocycles. The van der Waals surface area contributed by atoms with E-state index in [1.807, 2.05) is 16.8 Å². The molecule has 1 aliphatic rings. The zero-order valence-corrected chi connectivity index (χ0v) is 17.6. The number of carbonyl (C=O) groups excluding carboxylic acids is 1. The van der Waals surface area contributed by atoms with E-state index in [2.05, 4.69) is 24.3 Å². The van der Waals surface area contributed by atoms with Crippen LogP contribution in [0.4, 0.5) is 4.39 Å². The quantitative estimate of drug-likeness (QED) is 0.828. The van der Waals surface area contributed by atoms with Crippen LogP contribution in [0.25, 0.3) is 0 Å². The molecule has 1 atom stereocenters. The molecule has 3 rings (SSSR count). The van der Waals surface area contributed by atoms with Gasteiger partial charge in [-0.25, -0.2) is 4.39 Å². The molecule has 1 unspecified atom stereocenters. The van der Waals surface area contributed by atoms with Crippen LogP contribution in [0.15, 0.2) is 18.2 Å². The number of fused-ring (bicyclic) bond motifs is 1. The number of halogens is 1. The Labute approximate surface area is 166 Å². The molecule has 0 spiro atoms. The Morgan fingerprint density at radius 3 is 2.79 bits per heavy atom. The van der Waals surface area contributed by atoms with Crippen molar-refractivity contribution in [2.75, 3.05) is 14.1 Å². The molecule has 1 aromatic heterocycles. The van der Waals surface area contributed by atoms with Gasteiger partial charge in [-0.2, -0.15) is 5.10 Å². The first-order valence-electron chi connectivity index (χ1n) is 10.0. The molecule has 0 aliphatic heterocycles. The molecule has 5 nitrogen and oxygen atoms in total. The molecule has 28 heavy (non-hydrogen) atoms. The summed E-state index contributed by atoms with van der Waals surface area (Å²) in [5.41, 5.74) is 4.44. The van der Waals surface area contributed by atoms with E-state index in [1.54, 1.807) is 32.0 Å². The summed E-state index contributed by atoms with van der Waals surface area (Å²) in [5, 5.41) is 8.22. The lowest BCUT2D eigenvalue weighted by Crippen LogP contribution is -2.35. The largest absolute Gasteiger partial charge is 0.343 e. The lowest BCUT2D eigenvalue weighted by atomic mass is 9.90. The van der Waals surface area contributed by atoms with Crippen LogP contribution in [0.2, 0.25) is 0 Å². The third kappa shape index (κ3) is 4.43. The van der Waals surface area contributed by atoms with Crippen LogP contribution in [-0.2, 0) is 25.9 Å². The number of benzene rings is 1. The molecule has 0 fully saturated rings. The van der Waals surface area contributed by atoms with Crippen molar-refractivity contribution < 1.29 is 9.18 Å². The number of hydrogen-bond donors (Lipinski definition) is 1. The Morgan fingerprint density at radius 1 is 1.39 bits per heavy atom. The van der Waals surface area contributed by atoms with Crippen LogP contribution < -0.4 is 5.32 Å². The number of aromatic nitrogens is 2. The average molecular weight is 387 g/mol. The molecule has 0 radical (unpaired) electrons. The van der Waals surface area contributed by atoms with Crippen LogP contribution >= 0.6 is 0 Å². The van der Waals surface area contributed by atoms with Gasteiger partial charge < -0.3 is 10.2 Å². The predicted octanol–water partition coefficient (Wildman–Crippen LogP) is 3.34. The van der Waals surface area contributed by atoms with E-state index < -0.39 is 0 Å². The minimum atomic E-state index is -0.168. The number of aryl methyl sites for hydroxylation is 1. The summed E-state index contributed by atoms with van der Waals surface area (Å²) in [6.07, 6.45) is 2.66. The minimum Gasteiger partial charge on any atom is -0.343 e. The summed E-state index contributed by atoms with van der Waals surface area (Å²) in [4.78, 5) is 14.3. The highest BCUT2D eigenvalue weighted by Crippen LogP contribution is 2.26. The van der Waals surface area contributed by atoms with Gasteiger partial charge in [0.15, 0.2) is 5.69 Å². The zero-order chi connectivity index (χ0) is 20.4. The maximum atomic E-state index is 13.8. The van der Waals surface area contributed by atoms with Crippen molar-refractivity contribution >= 4 is 5.91 Å². The fourth-order valence-corrected chi connectivity index (χ4v) is 3.75.